The third-order valence-electron chi connectivity index (χ3n) is 3.51. The lowest BCUT2D eigenvalue weighted by atomic mass is 10.2. The molecule has 0 saturated carbocycles. The maximum atomic E-state index is 12.0. The van der Waals surface area contributed by atoms with Gasteiger partial charge in [0.15, 0.2) is 0 Å². The molecule has 8 heteroatoms. The quantitative estimate of drug-likeness (QED) is 0.704. The molecule has 1 fully saturated rings. The molecule has 1 aliphatic heterocycles. The highest BCUT2D eigenvalue weighted by Crippen LogP contribution is 2.07. The molecule has 0 aliphatic carbocycles. The first-order chi connectivity index (χ1) is 9.58. The van der Waals surface area contributed by atoms with Gasteiger partial charge in [0.2, 0.25) is 0 Å². The van der Waals surface area contributed by atoms with Gasteiger partial charge in [0.05, 0.1) is 6.20 Å². The van der Waals surface area contributed by atoms with Crippen molar-refractivity contribution in [3.63, 3.8) is 0 Å². The number of urea groups is 1. The first-order valence-electron chi connectivity index (χ1n) is 6.55. The van der Waals surface area contributed by atoms with Crippen molar-refractivity contribution in [2.24, 2.45) is 0 Å². The van der Waals surface area contributed by atoms with Gasteiger partial charge in [-0.3, -0.25) is 14.8 Å². The van der Waals surface area contributed by atoms with Crippen LogP contribution in [0.1, 0.15) is 12.5 Å². The van der Waals surface area contributed by atoms with Gasteiger partial charge in [0, 0.05) is 44.5 Å². The minimum atomic E-state index is -0.831. The molecule has 0 bridgehead atoms. The lowest BCUT2D eigenvalue weighted by molar-refractivity contribution is -0.143. The zero-order valence-corrected chi connectivity index (χ0v) is 11.4. The van der Waals surface area contributed by atoms with Crippen molar-refractivity contribution >= 4 is 12.0 Å². The van der Waals surface area contributed by atoms with E-state index in [0.29, 0.717) is 32.7 Å². The molecule has 110 valence electrons. The largest absolute Gasteiger partial charge is 0.480 e. The van der Waals surface area contributed by atoms with Crippen LogP contribution in [0.25, 0.3) is 0 Å². The fourth-order valence-corrected chi connectivity index (χ4v) is 2.13. The number of aliphatic carboxylic acids is 1. The zero-order valence-electron chi connectivity index (χ0n) is 11.4. The molecule has 20 heavy (non-hydrogen) atoms. The van der Waals surface area contributed by atoms with Crippen molar-refractivity contribution in [2.45, 2.75) is 19.5 Å². The van der Waals surface area contributed by atoms with Gasteiger partial charge >= 0.3 is 12.0 Å². The summed E-state index contributed by atoms with van der Waals surface area (Å²) >= 11 is 0. The number of nitrogens with one attached hydrogen (secondary N) is 2. The van der Waals surface area contributed by atoms with E-state index in [1.165, 1.54) is 0 Å². The minimum absolute atomic E-state index is 0.131. The minimum Gasteiger partial charge on any atom is -0.480 e. The number of carboxylic acids is 1. The number of hydrogen-bond donors (Lipinski definition) is 3. The predicted octanol–water partition coefficient (Wildman–Crippen LogP) is -0.290. The Labute approximate surface area is 116 Å². The third-order valence-corrected chi connectivity index (χ3v) is 3.51. The molecular weight excluding hydrogens is 262 g/mol. The molecule has 1 aromatic rings. The lowest BCUT2D eigenvalue weighted by Crippen LogP contribution is -2.54. The van der Waals surface area contributed by atoms with Crippen LogP contribution in [-0.4, -0.2) is 69.3 Å². The van der Waals surface area contributed by atoms with Crippen LogP contribution in [0.4, 0.5) is 4.79 Å². The first kappa shape index (κ1) is 14.3. The highest BCUT2D eigenvalue weighted by Gasteiger charge is 2.26. The number of piperazine rings is 1. The Balaban J connectivity index is 1.75. The first-order valence-corrected chi connectivity index (χ1v) is 6.55. The summed E-state index contributed by atoms with van der Waals surface area (Å²) in [4.78, 5) is 26.4. The van der Waals surface area contributed by atoms with E-state index >= 15 is 0 Å². The number of aromatic amines is 1. The molecule has 0 radical (unpaired) electrons. The van der Waals surface area contributed by atoms with Gasteiger partial charge in [-0.05, 0) is 6.92 Å². The summed E-state index contributed by atoms with van der Waals surface area (Å²) in [5, 5.41) is 18.3. The van der Waals surface area contributed by atoms with Gasteiger partial charge in [-0.25, -0.2) is 4.79 Å². The van der Waals surface area contributed by atoms with Crippen LogP contribution in [0.5, 0.6) is 0 Å². The fourth-order valence-electron chi connectivity index (χ4n) is 2.13. The Hall–Kier alpha value is -2.09. The summed E-state index contributed by atoms with van der Waals surface area (Å²) in [6.45, 7) is 4.32. The third kappa shape index (κ3) is 3.47. The van der Waals surface area contributed by atoms with Crippen molar-refractivity contribution in [1.82, 2.24) is 25.3 Å². The second kappa shape index (κ2) is 6.38. The lowest BCUT2D eigenvalue weighted by Gasteiger charge is -2.36. The van der Waals surface area contributed by atoms with Crippen molar-refractivity contribution < 1.29 is 14.7 Å². The van der Waals surface area contributed by atoms with Gasteiger partial charge in [0.1, 0.15) is 6.04 Å². The smallest absolute Gasteiger partial charge is 0.320 e. The summed E-state index contributed by atoms with van der Waals surface area (Å²) in [7, 11) is 0. The predicted molar refractivity (Wildman–Crippen MR) is 71.1 cm³/mol. The van der Waals surface area contributed by atoms with Gasteiger partial charge in [-0.2, -0.15) is 5.10 Å². The Morgan fingerprint density at radius 1 is 1.45 bits per heavy atom. The summed E-state index contributed by atoms with van der Waals surface area (Å²) in [5.74, 6) is -0.831. The molecule has 1 aromatic heterocycles. The van der Waals surface area contributed by atoms with E-state index < -0.39 is 12.0 Å². The average Bonchev–Trinajstić information content (AvgIpc) is 2.97. The number of nitrogens with zero attached hydrogens (tertiary/aromatic N) is 3. The summed E-state index contributed by atoms with van der Waals surface area (Å²) < 4.78 is 0. The Bertz CT molecular complexity index is 454. The molecule has 0 spiro atoms. The standard InChI is InChI=1S/C12H19N5O3/c1-9(11(18)19)16-2-4-17(5-3-16)12(20)13-6-10-7-14-15-8-10/h7-9H,2-6H2,1H3,(H,13,20)(H,14,15)(H,18,19). The van der Waals surface area contributed by atoms with Gasteiger partial charge in [0.25, 0.3) is 0 Å². The van der Waals surface area contributed by atoms with Crippen LogP contribution in [0.2, 0.25) is 0 Å². The topological polar surface area (TPSA) is 102 Å². The van der Waals surface area contributed by atoms with Crippen molar-refractivity contribution in [3.05, 3.63) is 18.0 Å². The Kier molecular flexibility index (Phi) is 4.57. The van der Waals surface area contributed by atoms with Crippen molar-refractivity contribution in [2.75, 3.05) is 26.2 Å². The van der Waals surface area contributed by atoms with Crippen LogP contribution < -0.4 is 5.32 Å². The van der Waals surface area contributed by atoms with Crippen LogP contribution >= 0.6 is 0 Å². The monoisotopic (exact) mass is 281 g/mol. The van der Waals surface area contributed by atoms with Gasteiger partial charge in [-0.1, -0.05) is 0 Å². The zero-order chi connectivity index (χ0) is 14.5. The SMILES string of the molecule is CC(C(=O)O)N1CCN(C(=O)NCc2cn[nH]c2)CC1. The number of carboxylic acid groups (broad SMARTS) is 1. The number of carbonyl (C=O) groups excluding carboxylic acids is 1. The molecule has 3 N–H and O–H groups in total. The highest BCUT2D eigenvalue weighted by molar-refractivity contribution is 5.75. The normalized spacial score (nSPS) is 17.8. The molecular formula is C12H19N5O3. The summed E-state index contributed by atoms with van der Waals surface area (Å²) in [6.07, 6.45) is 3.39. The van der Waals surface area contributed by atoms with E-state index in [9.17, 15) is 9.59 Å². The van der Waals surface area contributed by atoms with E-state index in [1.54, 1.807) is 24.2 Å². The molecule has 1 atom stereocenters. The van der Waals surface area contributed by atoms with E-state index in [0.717, 1.165) is 5.56 Å². The van der Waals surface area contributed by atoms with Crippen LogP contribution in [0.15, 0.2) is 12.4 Å². The van der Waals surface area contributed by atoms with Gasteiger partial charge < -0.3 is 15.3 Å². The van der Waals surface area contributed by atoms with Gasteiger partial charge in [-0.15, -0.1) is 0 Å². The number of carbonyl (C=O) groups is 2. The van der Waals surface area contributed by atoms with E-state index in [4.69, 9.17) is 5.11 Å². The summed E-state index contributed by atoms with van der Waals surface area (Å²) in [6, 6.07) is -0.639. The number of H-pyrrole nitrogens is 1. The molecule has 1 aliphatic rings. The van der Waals surface area contributed by atoms with Crippen molar-refractivity contribution in [1.29, 1.82) is 0 Å². The second-order valence-corrected chi connectivity index (χ2v) is 4.80. The van der Waals surface area contributed by atoms with E-state index in [-0.39, 0.29) is 6.03 Å². The van der Waals surface area contributed by atoms with E-state index in [1.807, 2.05) is 4.90 Å². The molecule has 2 rings (SSSR count). The highest BCUT2D eigenvalue weighted by atomic mass is 16.4. The molecule has 2 amide bonds. The number of rotatable bonds is 4. The molecule has 8 nitrogen and oxygen atoms in total. The van der Waals surface area contributed by atoms with Crippen LogP contribution in [0.3, 0.4) is 0 Å². The Morgan fingerprint density at radius 2 is 2.15 bits per heavy atom. The number of amides is 2. The maximum Gasteiger partial charge on any atom is 0.320 e. The molecule has 2 heterocycles. The molecule has 1 saturated heterocycles. The number of aromatic nitrogens is 2. The van der Waals surface area contributed by atoms with Crippen LogP contribution in [-0.2, 0) is 11.3 Å². The maximum absolute atomic E-state index is 12.0. The molecule has 0 aromatic carbocycles. The Morgan fingerprint density at radius 3 is 2.70 bits per heavy atom. The van der Waals surface area contributed by atoms with Crippen molar-refractivity contribution in [3.8, 4) is 0 Å². The van der Waals surface area contributed by atoms with Crippen LogP contribution in [0, 0.1) is 0 Å². The number of hydrogen-bond acceptors (Lipinski definition) is 4. The summed E-state index contributed by atoms with van der Waals surface area (Å²) in [5.41, 5.74) is 0.913. The average molecular weight is 281 g/mol. The van der Waals surface area contributed by atoms with E-state index in [2.05, 4.69) is 15.5 Å². The molecule has 1 unspecified atom stereocenters. The second-order valence-electron chi connectivity index (χ2n) is 4.80. The fraction of sp³-hybridized carbons (Fsp3) is 0.583.